The van der Waals surface area contributed by atoms with Crippen molar-refractivity contribution >= 4 is 22.6 Å². The van der Waals surface area contributed by atoms with Crippen molar-refractivity contribution in [3.05, 3.63) is 48.0 Å². The van der Waals surface area contributed by atoms with Crippen LogP contribution in [-0.2, 0) is 6.54 Å². The highest BCUT2D eigenvalue weighted by Crippen LogP contribution is 2.22. The molecule has 19 heavy (non-hydrogen) atoms. The molecule has 0 aliphatic rings. The molecule has 3 heterocycles. The molecule has 3 rings (SSSR count). The van der Waals surface area contributed by atoms with Crippen molar-refractivity contribution in [2.45, 2.75) is 6.54 Å². The molecule has 0 unspecified atom stereocenters. The van der Waals surface area contributed by atoms with Crippen LogP contribution in [0.1, 0.15) is 0 Å². The van der Waals surface area contributed by atoms with Crippen LogP contribution in [0, 0.1) is 0 Å². The first-order valence-electron chi connectivity index (χ1n) is 5.83. The van der Waals surface area contributed by atoms with E-state index in [0.717, 1.165) is 5.52 Å². The van der Waals surface area contributed by atoms with E-state index in [0.29, 0.717) is 29.4 Å². The summed E-state index contributed by atoms with van der Waals surface area (Å²) in [6.45, 7) is 1.21. The van der Waals surface area contributed by atoms with Crippen molar-refractivity contribution in [1.29, 1.82) is 0 Å². The summed E-state index contributed by atoms with van der Waals surface area (Å²) >= 11 is 6.03. The Hall–Kier alpha value is -2.14. The largest absolute Gasteiger partial charge is 0.490 e. The first kappa shape index (κ1) is 11.9. The maximum Gasteiger partial charge on any atom is 0.139 e. The zero-order valence-corrected chi connectivity index (χ0v) is 10.8. The Labute approximate surface area is 114 Å². The Morgan fingerprint density at radius 2 is 2.21 bits per heavy atom. The molecule has 0 saturated heterocycles. The molecule has 0 amide bonds. The standard InChI is InChI=1S/C13H11ClN4O/c14-11-2-4-15-12-8-10(9-16-13(11)12)19-7-6-18-5-1-3-17-18/h1-5,8-9H,6-7H2. The number of nitrogens with zero attached hydrogens (tertiary/aromatic N) is 4. The van der Waals surface area contributed by atoms with Gasteiger partial charge in [-0.1, -0.05) is 11.6 Å². The van der Waals surface area contributed by atoms with Crippen LogP contribution >= 0.6 is 11.6 Å². The monoisotopic (exact) mass is 274 g/mol. The minimum Gasteiger partial charge on any atom is -0.490 e. The number of pyridine rings is 2. The highest BCUT2D eigenvalue weighted by molar-refractivity contribution is 6.34. The van der Waals surface area contributed by atoms with Crippen molar-refractivity contribution < 1.29 is 4.74 Å². The molecule has 0 atom stereocenters. The lowest BCUT2D eigenvalue weighted by Gasteiger charge is -2.07. The van der Waals surface area contributed by atoms with Gasteiger partial charge in [0.25, 0.3) is 0 Å². The van der Waals surface area contributed by atoms with Gasteiger partial charge in [-0.2, -0.15) is 5.10 Å². The van der Waals surface area contributed by atoms with Gasteiger partial charge in [-0.3, -0.25) is 9.67 Å². The van der Waals surface area contributed by atoms with E-state index in [4.69, 9.17) is 16.3 Å². The molecule has 0 bridgehead atoms. The molecule has 3 aromatic rings. The van der Waals surface area contributed by atoms with E-state index in [-0.39, 0.29) is 0 Å². The van der Waals surface area contributed by atoms with E-state index < -0.39 is 0 Å². The molecule has 96 valence electrons. The Bertz CT molecular complexity index is 684. The van der Waals surface area contributed by atoms with Gasteiger partial charge in [0, 0.05) is 24.7 Å². The van der Waals surface area contributed by atoms with E-state index in [1.807, 2.05) is 23.0 Å². The summed E-state index contributed by atoms with van der Waals surface area (Å²) in [6.07, 6.45) is 6.94. The van der Waals surface area contributed by atoms with Crippen LogP contribution in [-0.4, -0.2) is 26.4 Å². The van der Waals surface area contributed by atoms with Crippen LogP contribution in [0.2, 0.25) is 5.02 Å². The average Bonchev–Trinajstić information content (AvgIpc) is 2.92. The molecule has 5 nitrogen and oxygen atoms in total. The Balaban J connectivity index is 1.71. The van der Waals surface area contributed by atoms with Gasteiger partial charge in [0.15, 0.2) is 0 Å². The molecule has 3 aromatic heterocycles. The fraction of sp³-hybridized carbons (Fsp3) is 0.154. The second-order valence-corrected chi connectivity index (χ2v) is 4.36. The van der Waals surface area contributed by atoms with Crippen molar-refractivity contribution in [3.63, 3.8) is 0 Å². The number of rotatable bonds is 4. The number of fused-ring (bicyclic) bond motifs is 1. The number of aromatic nitrogens is 4. The Morgan fingerprint density at radius 3 is 3.05 bits per heavy atom. The van der Waals surface area contributed by atoms with E-state index in [2.05, 4.69) is 15.1 Å². The second-order valence-electron chi connectivity index (χ2n) is 3.95. The average molecular weight is 275 g/mol. The van der Waals surface area contributed by atoms with Gasteiger partial charge in [0.2, 0.25) is 0 Å². The lowest BCUT2D eigenvalue weighted by molar-refractivity contribution is 0.290. The fourth-order valence-electron chi connectivity index (χ4n) is 1.75. The molecule has 0 aromatic carbocycles. The number of hydrogen-bond donors (Lipinski definition) is 0. The fourth-order valence-corrected chi connectivity index (χ4v) is 1.95. The third-order valence-electron chi connectivity index (χ3n) is 2.65. The summed E-state index contributed by atoms with van der Waals surface area (Å²) < 4.78 is 7.43. The predicted molar refractivity (Wildman–Crippen MR) is 72.3 cm³/mol. The normalized spacial score (nSPS) is 10.8. The number of hydrogen-bond acceptors (Lipinski definition) is 4. The lowest BCUT2D eigenvalue weighted by atomic mass is 10.3. The topological polar surface area (TPSA) is 52.8 Å². The van der Waals surface area contributed by atoms with Crippen LogP contribution in [0.5, 0.6) is 5.75 Å². The van der Waals surface area contributed by atoms with Crippen molar-refractivity contribution in [3.8, 4) is 5.75 Å². The zero-order valence-electron chi connectivity index (χ0n) is 10.0. The van der Waals surface area contributed by atoms with E-state index in [1.165, 1.54) is 0 Å². The van der Waals surface area contributed by atoms with Crippen molar-refractivity contribution in [2.24, 2.45) is 0 Å². The van der Waals surface area contributed by atoms with Gasteiger partial charge < -0.3 is 4.74 Å². The van der Waals surface area contributed by atoms with Gasteiger partial charge in [-0.05, 0) is 12.1 Å². The van der Waals surface area contributed by atoms with Crippen LogP contribution in [0.3, 0.4) is 0 Å². The van der Waals surface area contributed by atoms with E-state index >= 15 is 0 Å². The van der Waals surface area contributed by atoms with Crippen molar-refractivity contribution in [2.75, 3.05) is 6.61 Å². The van der Waals surface area contributed by atoms with Crippen LogP contribution in [0.25, 0.3) is 11.0 Å². The minimum atomic E-state index is 0.523. The van der Waals surface area contributed by atoms with Crippen LogP contribution in [0.15, 0.2) is 43.0 Å². The molecule has 0 saturated carbocycles. The van der Waals surface area contributed by atoms with Gasteiger partial charge in [0.1, 0.15) is 17.9 Å². The van der Waals surface area contributed by atoms with E-state index in [1.54, 1.807) is 24.7 Å². The highest BCUT2D eigenvalue weighted by Gasteiger charge is 2.03. The third kappa shape index (κ3) is 2.66. The molecular weight excluding hydrogens is 264 g/mol. The molecular formula is C13H11ClN4O. The zero-order chi connectivity index (χ0) is 13.1. The molecule has 0 aliphatic carbocycles. The second kappa shape index (κ2) is 5.24. The van der Waals surface area contributed by atoms with Crippen LogP contribution in [0.4, 0.5) is 0 Å². The quantitative estimate of drug-likeness (QED) is 0.734. The predicted octanol–water partition coefficient (Wildman–Crippen LogP) is 2.56. The first-order chi connectivity index (χ1) is 9.33. The maximum atomic E-state index is 6.03. The molecule has 0 aliphatic heterocycles. The van der Waals surface area contributed by atoms with Gasteiger partial charge >= 0.3 is 0 Å². The lowest BCUT2D eigenvalue weighted by Crippen LogP contribution is -2.08. The summed E-state index contributed by atoms with van der Waals surface area (Å²) in [5.74, 6) is 0.675. The molecule has 0 N–H and O–H groups in total. The minimum absolute atomic E-state index is 0.523. The summed E-state index contributed by atoms with van der Waals surface area (Å²) in [7, 11) is 0. The Kier molecular flexibility index (Phi) is 3.29. The number of halogens is 1. The summed E-state index contributed by atoms with van der Waals surface area (Å²) in [6, 6.07) is 5.43. The molecule has 0 spiro atoms. The Morgan fingerprint density at radius 1 is 1.26 bits per heavy atom. The maximum absolute atomic E-state index is 6.03. The molecule has 6 heteroatoms. The van der Waals surface area contributed by atoms with E-state index in [9.17, 15) is 0 Å². The van der Waals surface area contributed by atoms with Gasteiger partial charge in [0.05, 0.1) is 23.3 Å². The summed E-state index contributed by atoms with van der Waals surface area (Å²) in [5.41, 5.74) is 1.41. The van der Waals surface area contributed by atoms with Gasteiger partial charge in [-0.15, -0.1) is 0 Å². The highest BCUT2D eigenvalue weighted by atomic mass is 35.5. The smallest absolute Gasteiger partial charge is 0.139 e. The van der Waals surface area contributed by atoms with Crippen molar-refractivity contribution in [1.82, 2.24) is 19.7 Å². The SMILES string of the molecule is Clc1ccnc2cc(OCCn3cccn3)cnc12. The molecule has 0 radical (unpaired) electrons. The third-order valence-corrected chi connectivity index (χ3v) is 2.96. The van der Waals surface area contributed by atoms with Gasteiger partial charge in [-0.25, -0.2) is 4.98 Å². The summed E-state index contributed by atoms with van der Waals surface area (Å²) in [4.78, 5) is 8.47. The molecule has 0 fully saturated rings. The van der Waals surface area contributed by atoms with Crippen LogP contribution < -0.4 is 4.74 Å². The number of ether oxygens (including phenoxy) is 1. The summed E-state index contributed by atoms with van der Waals surface area (Å²) in [5, 5.41) is 4.69. The first-order valence-corrected chi connectivity index (χ1v) is 6.21.